The topological polar surface area (TPSA) is 18.5 Å². The normalized spacial score (nSPS) is 25.4. The van der Waals surface area contributed by atoms with E-state index in [1.54, 1.807) is 11.3 Å². The van der Waals surface area contributed by atoms with Crippen molar-refractivity contribution in [1.82, 2.24) is 15.1 Å². The van der Waals surface area contributed by atoms with E-state index in [-0.39, 0.29) is 12.4 Å². The molecule has 1 aromatic rings. The molecule has 1 aromatic heterocycles. The highest BCUT2D eigenvalue weighted by atomic mass is 35.5. The van der Waals surface area contributed by atoms with Crippen molar-refractivity contribution in [1.29, 1.82) is 0 Å². The molecule has 2 saturated heterocycles. The summed E-state index contributed by atoms with van der Waals surface area (Å²) in [6, 6.07) is 2.87. The van der Waals surface area contributed by atoms with Crippen molar-refractivity contribution in [3.8, 4) is 0 Å². The van der Waals surface area contributed by atoms with E-state index in [1.807, 2.05) is 5.38 Å². The van der Waals surface area contributed by atoms with Gasteiger partial charge in [0, 0.05) is 62.1 Å². The van der Waals surface area contributed by atoms with Crippen LogP contribution in [0.3, 0.4) is 0 Å². The van der Waals surface area contributed by atoms with Crippen LogP contribution in [-0.4, -0.2) is 55.1 Å². The van der Waals surface area contributed by atoms with Crippen LogP contribution in [0.5, 0.6) is 0 Å². The number of nitrogens with one attached hydrogen (secondary N) is 1. The second kappa shape index (κ2) is 7.25. The van der Waals surface area contributed by atoms with Gasteiger partial charge in [-0.2, -0.15) is 0 Å². The highest BCUT2D eigenvalue weighted by Gasteiger charge is 2.28. The lowest BCUT2D eigenvalue weighted by molar-refractivity contribution is 0.170. The summed E-state index contributed by atoms with van der Waals surface area (Å²) in [5.74, 6) is 0. The molecule has 2 aliphatic rings. The fourth-order valence-corrected chi connectivity index (χ4v) is 4.07. The number of rotatable bonds is 3. The van der Waals surface area contributed by atoms with E-state index in [0.717, 1.165) is 30.7 Å². The van der Waals surface area contributed by atoms with Gasteiger partial charge in [-0.25, -0.2) is 0 Å². The van der Waals surface area contributed by atoms with Gasteiger partial charge < -0.3 is 5.32 Å². The van der Waals surface area contributed by atoms with Gasteiger partial charge in [-0.3, -0.25) is 9.80 Å². The van der Waals surface area contributed by atoms with E-state index in [1.165, 1.54) is 37.5 Å². The zero-order chi connectivity index (χ0) is 12.4. The minimum absolute atomic E-state index is 0. The molecule has 0 aliphatic carbocycles. The largest absolute Gasteiger partial charge is 0.314 e. The Labute approximate surface area is 130 Å². The van der Waals surface area contributed by atoms with Gasteiger partial charge in [-0.05, 0) is 12.5 Å². The fraction of sp³-hybridized carbons (Fsp3) is 0.692. The Kier molecular flexibility index (Phi) is 5.93. The number of halogens is 2. The van der Waals surface area contributed by atoms with Gasteiger partial charge in [-0.1, -0.05) is 11.6 Å². The predicted molar refractivity (Wildman–Crippen MR) is 84.7 cm³/mol. The fourth-order valence-electron chi connectivity index (χ4n) is 2.96. The van der Waals surface area contributed by atoms with Gasteiger partial charge in [0.05, 0.1) is 5.02 Å². The molecule has 2 aliphatic heterocycles. The molecule has 3 heterocycles. The van der Waals surface area contributed by atoms with Crippen molar-refractivity contribution < 1.29 is 0 Å². The molecule has 0 spiro atoms. The van der Waals surface area contributed by atoms with Crippen LogP contribution in [0.4, 0.5) is 0 Å². The summed E-state index contributed by atoms with van der Waals surface area (Å²) >= 11 is 7.75. The molecule has 3 rings (SSSR count). The van der Waals surface area contributed by atoms with Crippen LogP contribution in [-0.2, 0) is 6.54 Å². The van der Waals surface area contributed by atoms with Crippen LogP contribution in [0.1, 0.15) is 11.3 Å². The van der Waals surface area contributed by atoms with E-state index in [2.05, 4.69) is 21.2 Å². The molecule has 1 N–H and O–H groups in total. The molecule has 1 atom stereocenters. The third-order valence-electron chi connectivity index (χ3n) is 3.92. The predicted octanol–water partition coefficient (Wildman–Crippen LogP) is 2.30. The highest BCUT2D eigenvalue weighted by Crippen LogP contribution is 2.23. The first-order valence-electron chi connectivity index (χ1n) is 6.71. The Bertz CT molecular complexity index is 393. The van der Waals surface area contributed by atoms with Crippen molar-refractivity contribution in [2.75, 3.05) is 39.3 Å². The van der Waals surface area contributed by atoms with E-state index in [0.29, 0.717) is 0 Å². The van der Waals surface area contributed by atoms with Crippen molar-refractivity contribution in [2.45, 2.75) is 19.0 Å². The quantitative estimate of drug-likeness (QED) is 0.921. The van der Waals surface area contributed by atoms with Gasteiger partial charge in [-0.15, -0.1) is 23.7 Å². The standard InChI is InChI=1S/C13H20ClN3S.ClH/c14-11-7-13(18-10-11)9-16-4-1-12(8-16)17-5-2-15-3-6-17;/h7,10,12,15H,1-6,8-9H2;1H. The zero-order valence-corrected chi connectivity index (χ0v) is 13.4. The van der Waals surface area contributed by atoms with Gasteiger partial charge >= 0.3 is 0 Å². The zero-order valence-electron chi connectivity index (χ0n) is 11.0. The number of piperazine rings is 1. The third-order valence-corrected chi connectivity index (χ3v) is 5.19. The molecular formula is C13H21Cl2N3S. The summed E-state index contributed by atoms with van der Waals surface area (Å²) in [6.45, 7) is 8.24. The summed E-state index contributed by atoms with van der Waals surface area (Å²) in [6.07, 6.45) is 1.32. The molecule has 0 saturated carbocycles. The molecule has 0 radical (unpaired) electrons. The number of nitrogens with zero attached hydrogens (tertiary/aromatic N) is 2. The highest BCUT2D eigenvalue weighted by molar-refractivity contribution is 7.10. The summed E-state index contributed by atoms with van der Waals surface area (Å²) in [5, 5.41) is 6.33. The maximum Gasteiger partial charge on any atom is 0.0516 e. The second-order valence-corrected chi connectivity index (χ2v) is 6.63. The minimum Gasteiger partial charge on any atom is -0.314 e. The summed E-state index contributed by atoms with van der Waals surface area (Å²) in [5.41, 5.74) is 0. The van der Waals surface area contributed by atoms with E-state index >= 15 is 0 Å². The number of likely N-dealkylation sites (tertiary alicyclic amines) is 1. The Morgan fingerprint density at radius 1 is 1.32 bits per heavy atom. The molecule has 3 nitrogen and oxygen atoms in total. The Hall–Kier alpha value is 0.160. The van der Waals surface area contributed by atoms with Gasteiger partial charge in [0.15, 0.2) is 0 Å². The summed E-state index contributed by atoms with van der Waals surface area (Å²) < 4.78 is 0. The monoisotopic (exact) mass is 321 g/mol. The van der Waals surface area contributed by atoms with Gasteiger partial charge in [0.25, 0.3) is 0 Å². The molecule has 0 aromatic carbocycles. The van der Waals surface area contributed by atoms with Crippen LogP contribution >= 0.6 is 35.3 Å². The van der Waals surface area contributed by atoms with Crippen LogP contribution in [0.15, 0.2) is 11.4 Å². The molecule has 6 heteroatoms. The summed E-state index contributed by atoms with van der Waals surface area (Å²) in [4.78, 5) is 6.60. The minimum atomic E-state index is 0. The van der Waals surface area contributed by atoms with Crippen molar-refractivity contribution >= 4 is 35.3 Å². The summed E-state index contributed by atoms with van der Waals surface area (Å²) in [7, 11) is 0. The lowest BCUT2D eigenvalue weighted by Crippen LogP contribution is -2.49. The molecule has 0 bridgehead atoms. The third kappa shape index (κ3) is 4.06. The first-order chi connectivity index (χ1) is 8.81. The average molecular weight is 322 g/mol. The molecule has 2 fully saturated rings. The smallest absolute Gasteiger partial charge is 0.0516 e. The number of thiophene rings is 1. The molecule has 19 heavy (non-hydrogen) atoms. The SMILES string of the molecule is Cl.Clc1csc(CN2CCC(N3CCNCC3)C2)c1. The van der Waals surface area contributed by atoms with E-state index < -0.39 is 0 Å². The first kappa shape index (κ1) is 15.5. The first-order valence-corrected chi connectivity index (χ1v) is 7.97. The van der Waals surface area contributed by atoms with Gasteiger partial charge in [0.1, 0.15) is 0 Å². The van der Waals surface area contributed by atoms with Crippen LogP contribution < -0.4 is 5.32 Å². The van der Waals surface area contributed by atoms with Crippen LogP contribution in [0.2, 0.25) is 5.02 Å². The van der Waals surface area contributed by atoms with Gasteiger partial charge in [0.2, 0.25) is 0 Å². The molecule has 0 amide bonds. The van der Waals surface area contributed by atoms with Crippen molar-refractivity contribution in [3.63, 3.8) is 0 Å². The number of hydrogen-bond acceptors (Lipinski definition) is 4. The Balaban J connectivity index is 0.00000133. The van der Waals surface area contributed by atoms with Crippen LogP contribution in [0.25, 0.3) is 0 Å². The van der Waals surface area contributed by atoms with Crippen molar-refractivity contribution in [3.05, 3.63) is 21.3 Å². The molecular weight excluding hydrogens is 301 g/mol. The maximum atomic E-state index is 5.97. The molecule has 1 unspecified atom stereocenters. The second-order valence-electron chi connectivity index (χ2n) is 5.19. The molecule has 108 valence electrons. The number of hydrogen-bond donors (Lipinski definition) is 1. The average Bonchev–Trinajstić information content (AvgIpc) is 3.01. The van der Waals surface area contributed by atoms with E-state index in [4.69, 9.17) is 11.6 Å². The Morgan fingerprint density at radius 3 is 2.79 bits per heavy atom. The van der Waals surface area contributed by atoms with E-state index in [9.17, 15) is 0 Å². The lowest BCUT2D eigenvalue weighted by atomic mass is 10.2. The Morgan fingerprint density at radius 2 is 2.11 bits per heavy atom. The maximum absolute atomic E-state index is 5.97. The lowest BCUT2D eigenvalue weighted by Gasteiger charge is -2.32. The van der Waals surface area contributed by atoms with Crippen LogP contribution in [0, 0.1) is 0 Å². The van der Waals surface area contributed by atoms with Crippen molar-refractivity contribution in [2.24, 2.45) is 0 Å².